The summed E-state index contributed by atoms with van der Waals surface area (Å²) in [7, 11) is 0. The lowest BCUT2D eigenvalue weighted by molar-refractivity contribution is -0.128. The van der Waals surface area contributed by atoms with Gasteiger partial charge >= 0.3 is 0 Å². The molecule has 0 bridgehead atoms. The smallest absolute Gasteiger partial charge is 0.242 e. The van der Waals surface area contributed by atoms with E-state index < -0.39 is 5.25 Å². The number of halogens is 1. The maximum Gasteiger partial charge on any atom is 0.242 e. The largest absolute Gasteiger partial charge is 0.457 e. The molecule has 1 aliphatic heterocycles. The number of thioether (sulfide) groups is 1. The average Bonchev–Trinajstić information content (AvgIpc) is 3.10. The number of amides is 2. The molecule has 1 aliphatic rings. The second kappa shape index (κ2) is 10.8. The molecule has 1 N–H and O–H groups in total. The van der Waals surface area contributed by atoms with Crippen molar-refractivity contribution in [3.8, 4) is 11.5 Å². The number of rotatable bonds is 7. The Labute approximate surface area is 208 Å². The zero-order valence-electron chi connectivity index (χ0n) is 18.8. The summed E-state index contributed by atoms with van der Waals surface area (Å²) in [6.07, 6.45) is 0.0391. The number of benzene rings is 3. The van der Waals surface area contributed by atoms with Gasteiger partial charge in [0.15, 0.2) is 5.17 Å². The molecule has 0 aromatic heterocycles. The van der Waals surface area contributed by atoms with E-state index in [-0.39, 0.29) is 18.2 Å². The molecule has 2 amide bonds. The Hall–Kier alpha value is -3.29. The minimum Gasteiger partial charge on any atom is -0.457 e. The Bertz CT molecular complexity index is 1230. The van der Waals surface area contributed by atoms with Crippen molar-refractivity contribution in [3.05, 3.63) is 83.4 Å². The van der Waals surface area contributed by atoms with Crippen molar-refractivity contribution < 1.29 is 14.3 Å². The van der Waals surface area contributed by atoms with Crippen molar-refractivity contribution in [3.63, 3.8) is 0 Å². The monoisotopic (exact) mass is 493 g/mol. The van der Waals surface area contributed by atoms with Crippen LogP contribution in [-0.4, -0.2) is 33.7 Å². The maximum absolute atomic E-state index is 12.9. The number of aliphatic imine (C=N–C) groups is 1. The van der Waals surface area contributed by atoms with E-state index in [9.17, 15) is 9.59 Å². The molecule has 1 unspecified atom stereocenters. The zero-order valence-corrected chi connectivity index (χ0v) is 20.4. The standard InChI is InChI=1S/C26H24ClN3O3S/c1-3-30-25(32)23(34-26(30)29-19-13-12-17(2)22(27)15-19)16-24(31)28-18-8-7-11-21(14-18)33-20-9-5-4-6-10-20/h4-15,23H,3,16H2,1-2H3,(H,28,31). The van der Waals surface area contributed by atoms with Gasteiger partial charge in [0.05, 0.1) is 5.69 Å². The maximum atomic E-state index is 12.9. The number of carbonyl (C=O) groups excluding carboxylic acids is 2. The van der Waals surface area contributed by atoms with E-state index in [0.717, 1.165) is 5.56 Å². The molecule has 6 nitrogen and oxygen atoms in total. The van der Waals surface area contributed by atoms with E-state index in [4.69, 9.17) is 16.3 Å². The van der Waals surface area contributed by atoms with Crippen molar-refractivity contribution in [2.45, 2.75) is 25.5 Å². The van der Waals surface area contributed by atoms with Gasteiger partial charge in [0.1, 0.15) is 16.7 Å². The number of para-hydroxylation sites is 1. The third-order valence-corrected chi connectivity index (χ3v) is 6.77. The molecule has 0 aliphatic carbocycles. The van der Waals surface area contributed by atoms with Gasteiger partial charge in [-0.2, -0.15) is 0 Å². The van der Waals surface area contributed by atoms with Crippen LogP contribution in [0.25, 0.3) is 0 Å². The van der Waals surface area contributed by atoms with E-state index in [2.05, 4.69) is 10.3 Å². The van der Waals surface area contributed by atoms with Crippen LogP contribution in [0.4, 0.5) is 11.4 Å². The van der Waals surface area contributed by atoms with Crippen molar-refractivity contribution in [1.82, 2.24) is 4.90 Å². The molecule has 1 atom stereocenters. The first-order valence-corrected chi connectivity index (χ1v) is 12.1. The van der Waals surface area contributed by atoms with Crippen molar-refractivity contribution in [2.75, 3.05) is 11.9 Å². The first-order valence-electron chi connectivity index (χ1n) is 10.9. The fourth-order valence-electron chi connectivity index (χ4n) is 3.42. The lowest BCUT2D eigenvalue weighted by Gasteiger charge is -2.13. The minimum absolute atomic E-state index is 0.0391. The lowest BCUT2D eigenvalue weighted by Crippen LogP contribution is -2.33. The average molecular weight is 494 g/mol. The topological polar surface area (TPSA) is 71.0 Å². The number of nitrogens with zero attached hydrogens (tertiary/aromatic N) is 2. The second-order valence-electron chi connectivity index (χ2n) is 7.71. The van der Waals surface area contributed by atoms with E-state index in [1.165, 1.54) is 11.8 Å². The third-order valence-electron chi connectivity index (χ3n) is 5.18. The first kappa shape index (κ1) is 23.9. The number of hydrogen-bond donors (Lipinski definition) is 1. The number of ether oxygens (including phenoxy) is 1. The van der Waals surface area contributed by atoms with Gasteiger partial charge in [-0.05, 0) is 55.8 Å². The van der Waals surface area contributed by atoms with Crippen molar-refractivity contribution in [1.29, 1.82) is 0 Å². The summed E-state index contributed by atoms with van der Waals surface area (Å²) in [4.78, 5) is 31.8. The van der Waals surface area contributed by atoms with E-state index >= 15 is 0 Å². The van der Waals surface area contributed by atoms with Gasteiger partial charge in [-0.3, -0.25) is 14.5 Å². The van der Waals surface area contributed by atoms with Gasteiger partial charge < -0.3 is 10.1 Å². The molecule has 3 aromatic rings. The van der Waals surface area contributed by atoms with Gasteiger partial charge in [-0.25, -0.2) is 4.99 Å². The summed E-state index contributed by atoms with van der Waals surface area (Å²) in [5.41, 5.74) is 2.23. The Morgan fingerprint density at radius 3 is 2.59 bits per heavy atom. The Kier molecular flexibility index (Phi) is 7.55. The summed E-state index contributed by atoms with van der Waals surface area (Å²) in [5.74, 6) is 0.943. The van der Waals surface area contributed by atoms with Crippen LogP contribution in [-0.2, 0) is 9.59 Å². The molecular formula is C26H24ClN3O3S. The molecule has 0 saturated carbocycles. The van der Waals surface area contributed by atoms with Gasteiger partial charge in [0.2, 0.25) is 11.8 Å². The Morgan fingerprint density at radius 2 is 1.85 bits per heavy atom. The highest BCUT2D eigenvalue weighted by atomic mass is 35.5. The van der Waals surface area contributed by atoms with Gasteiger partial charge in [-0.1, -0.05) is 53.7 Å². The van der Waals surface area contributed by atoms with Crippen LogP contribution in [0.1, 0.15) is 18.9 Å². The molecule has 1 heterocycles. The molecule has 0 spiro atoms. The molecule has 4 rings (SSSR count). The molecule has 1 fully saturated rings. The third kappa shape index (κ3) is 5.79. The van der Waals surface area contributed by atoms with Crippen LogP contribution in [0.2, 0.25) is 5.02 Å². The van der Waals surface area contributed by atoms with Gasteiger partial charge in [-0.15, -0.1) is 0 Å². The number of hydrogen-bond acceptors (Lipinski definition) is 5. The van der Waals surface area contributed by atoms with Crippen LogP contribution in [0.15, 0.2) is 77.8 Å². The lowest BCUT2D eigenvalue weighted by atomic mass is 10.2. The van der Waals surface area contributed by atoms with Crippen molar-refractivity contribution in [2.24, 2.45) is 4.99 Å². The van der Waals surface area contributed by atoms with Crippen LogP contribution >= 0.6 is 23.4 Å². The number of nitrogens with one attached hydrogen (secondary N) is 1. The molecule has 174 valence electrons. The summed E-state index contributed by atoms with van der Waals surface area (Å²) in [6.45, 7) is 4.28. The molecule has 34 heavy (non-hydrogen) atoms. The molecule has 0 radical (unpaired) electrons. The van der Waals surface area contributed by atoms with Gasteiger partial charge in [0, 0.05) is 29.7 Å². The first-order chi connectivity index (χ1) is 16.4. The fourth-order valence-corrected chi connectivity index (χ4v) is 4.82. The summed E-state index contributed by atoms with van der Waals surface area (Å²) in [6, 6.07) is 22.1. The zero-order chi connectivity index (χ0) is 24.1. The predicted octanol–water partition coefficient (Wildman–Crippen LogP) is 6.42. The molecule has 3 aromatic carbocycles. The van der Waals surface area contributed by atoms with E-state index in [1.54, 1.807) is 29.2 Å². The second-order valence-corrected chi connectivity index (χ2v) is 9.29. The quantitative estimate of drug-likeness (QED) is 0.412. The SMILES string of the molecule is CCN1C(=O)C(CC(=O)Nc2cccc(Oc3ccccc3)c2)SC1=Nc1ccc(C)c(Cl)c1. The van der Waals surface area contributed by atoms with E-state index in [1.807, 2.05) is 62.4 Å². The summed E-state index contributed by atoms with van der Waals surface area (Å²) >= 11 is 7.51. The molecular weight excluding hydrogens is 470 g/mol. The number of aryl methyl sites for hydroxylation is 1. The Balaban J connectivity index is 1.42. The number of carbonyl (C=O) groups is 2. The fraction of sp³-hybridized carbons (Fsp3) is 0.192. The van der Waals surface area contributed by atoms with Crippen LogP contribution in [0, 0.1) is 6.92 Å². The number of anilines is 1. The Morgan fingerprint density at radius 1 is 1.09 bits per heavy atom. The summed E-state index contributed by atoms with van der Waals surface area (Å²) in [5, 5.41) is 3.52. The highest BCUT2D eigenvalue weighted by Crippen LogP contribution is 2.33. The normalized spacial score (nSPS) is 16.7. The van der Waals surface area contributed by atoms with Crippen LogP contribution < -0.4 is 10.1 Å². The molecule has 8 heteroatoms. The highest BCUT2D eigenvalue weighted by Gasteiger charge is 2.38. The van der Waals surface area contributed by atoms with Gasteiger partial charge in [0.25, 0.3) is 0 Å². The minimum atomic E-state index is -0.539. The van der Waals surface area contributed by atoms with Crippen LogP contribution in [0.3, 0.4) is 0 Å². The predicted molar refractivity (Wildman–Crippen MR) is 138 cm³/mol. The highest BCUT2D eigenvalue weighted by molar-refractivity contribution is 8.15. The van der Waals surface area contributed by atoms with Crippen LogP contribution in [0.5, 0.6) is 11.5 Å². The summed E-state index contributed by atoms with van der Waals surface area (Å²) < 4.78 is 5.82. The number of amidine groups is 1. The molecule has 1 saturated heterocycles. The van der Waals surface area contributed by atoms with Crippen molar-refractivity contribution >= 4 is 51.7 Å². The van der Waals surface area contributed by atoms with E-state index in [0.29, 0.717) is 39.6 Å².